The summed E-state index contributed by atoms with van der Waals surface area (Å²) in [5.41, 5.74) is 0.569. The van der Waals surface area contributed by atoms with Crippen LogP contribution in [0.1, 0.15) is 27.6 Å². The molecule has 142 valence electrons. The molecule has 0 radical (unpaired) electrons. The van der Waals surface area contributed by atoms with E-state index < -0.39 is 23.1 Å². The fourth-order valence-electron chi connectivity index (χ4n) is 2.74. The van der Waals surface area contributed by atoms with Crippen LogP contribution < -0.4 is 5.32 Å². The van der Waals surface area contributed by atoms with E-state index in [9.17, 15) is 18.0 Å². The molecular formula is C18H13F3N6O. The highest BCUT2D eigenvalue weighted by atomic mass is 19.3. The molecule has 4 rings (SSSR count). The summed E-state index contributed by atoms with van der Waals surface area (Å²) in [6, 6.07) is 8.35. The van der Waals surface area contributed by atoms with Crippen molar-refractivity contribution in [1.29, 1.82) is 0 Å². The lowest BCUT2D eigenvalue weighted by molar-refractivity contribution is 0.0330. The highest BCUT2D eigenvalue weighted by Gasteiger charge is 2.38. The van der Waals surface area contributed by atoms with Crippen molar-refractivity contribution in [2.24, 2.45) is 0 Å². The van der Waals surface area contributed by atoms with Crippen LogP contribution in [0.5, 0.6) is 0 Å². The molecule has 0 aliphatic heterocycles. The summed E-state index contributed by atoms with van der Waals surface area (Å²) in [5.74, 6) is -4.73. The van der Waals surface area contributed by atoms with E-state index in [1.807, 2.05) is 0 Å². The maximum atomic E-state index is 15.0. The maximum Gasteiger partial charge on any atom is 0.331 e. The first kappa shape index (κ1) is 17.7. The Morgan fingerprint density at radius 3 is 2.54 bits per heavy atom. The molecule has 0 fully saturated rings. The molecule has 0 spiro atoms. The smallest absolute Gasteiger partial charge is 0.308 e. The lowest BCUT2D eigenvalue weighted by atomic mass is 10.1. The standard InChI is InChI=1S/C18H13F3N6O/c1-10-8-14(26-25-10)22-17-24-16(23-15-7-6-13(9-28)27(15)17)18(20,21)11-2-4-12(19)5-3-11/h2-9H,1H3,(H2,22,23,24,25,26). The second kappa shape index (κ2) is 6.48. The highest BCUT2D eigenvalue weighted by molar-refractivity contribution is 5.76. The van der Waals surface area contributed by atoms with Crippen molar-refractivity contribution in [3.8, 4) is 0 Å². The lowest BCUT2D eigenvalue weighted by Gasteiger charge is -2.17. The first-order chi connectivity index (χ1) is 13.4. The molecule has 10 heteroatoms. The number of rotatable bonds is 5. The zero-order valence-electron chi connectivity index (χ0n) is 14.4. The van der Waals surface area contributed by atoms with Gasteiger partial charge in [-0.25, -0.2) is 9.37 Å². The SMILES string of the molecule is Cc1cc(Nc2nc(C(F)(F)c3ccc(F)cc3)nc3ccc(C=O)n23)n[nH]1. The Morgan fingerprint density at radius 1 is 1.14 bits per heavy atom. The van der Waals surface area contributed by atoms with Crippen molar-refractivity contribution in [1.82, 2.24) is 24.6 Å². The van der Waals surface area contributed by atoms with E-state index in [2.05, 4.69) is 25.5 Å². The summed E-state index contributed by atoms with van der Waals surface area (Å²) in [4.78, 5) is 19.2. The van der Waals surface area contributed by atoms with E-state index in [1.54, 1.807) is 13.0 Å². The molecule has 4 aromatic rings. The molecule has 1 aromatic carbocycles. The number of halogens is 3. The second-order valence-corrected chi connectivity index (χ2v) is 6.08. The van der Waals surface area contributed by atoms with Crippen molar-refractivity contribution in [2.75, 3.05) is 5.32 Å². The zero-order valence-corrected chi connectivity index (χ0v) is 14.4. The van der Waals surface area contributed by atoms with Crippen molar-refractivity contribution in [3.05, 3.63) is 71.1 Å². The van der Waals surface area contributed by atoms with Gasteiger partial charge in [0.25, 0.3) is 0 Å². The number of hydrogen-bond acceptors (Lipinski definition) is 5. The van der Waals surface area contributed by atoms with Gasteiger partial charge in [-0.3, -0.25) is 14.3 Å². The Balaban J connectivity index is 1.87. The van der Waals surface area contributed by atoms with E-state index in [0.29, 0.717) is 12.1 Å². The number of H-pyrrole nitrogens is 1. The number of carbonyl (C=O) groups is 1. The minimum absolute atomic E-state index is 0.0552. The third-order valence-corrected chi connectivity index (χ3v) is 4.09. The molecule has 0 atom stereocenters. The molecule has 2 N–H and O–H groups in total. The van der Waals surface area contributed by atoms with Gasteiger partial charge in [0.1, 0.15) is 11.5 Å². The van der Waals surface area contributed by atoms with E-state index in [-0.39, 0.29) is 17.3 Å². The van der Waals surface area contributed by atoms with Crippen LogP contribution in [0.25, 0.3) is 5.65 Å². The van der Waals surface area contributed by atoms with Crippen LogP contribution in [0.2, 0.25) is 0 Å². The number of nitrogens with one attached hydrogen (secondary N) is 2. The van der Waals surface area contributed by atoms with Crippen molar-refractivity contribution < 1.29 is 18.0 Å². The average Bonchev–Trinajstić information content (AvgIpc) is 3.27. The Kier molecular flexibility index (Phi) is 4.10. The fraction of sp³-hybridized carbons (Fsp3) is 0.111. The van der Waals surface area contributed by atoms with Gasteiger partial charge in [-0.1, -0.05) is 0 Å². The summed E-state index contributed by atoms with van der Waals surface area (Å²) >= 11 is 0. The Bertz CT molecular complexity index is 1170. The number of hydrogen-bond donors (Lipinski definition) is 2. The van der Waals surface area contributed by atoms with Gasteiger partial charge >= 0.3 is 5.92 Å². The molecule has 3 heterocycles. The maximum absolute atomic E-state index is 15.0. The van der Waals surface area contributed by atoms with Gasteiger partial charge < -0.3 is 5.32 Å². The quantitative estimate of drug-likeness (QED) is 0.512. The van der Waals surface area contributed by atoms with Crippen molar-refractivity contribution in [2.45, 2.75) is 12.8 Å². The number of alkyl halides is 2. The third-order valence-electron chi connectivity index (χ3n) is 4.09. The summed E-state index contributed by atoms with van der Waals surface area (Å²) in [5, 5.41) is 9.53. The van der Waals surface area contributed by atoms with Gasteiger partial charge in [0.2, 0.25) is 11.8 Å². The Morgan fingerprint density at radius 2 is 1.89 bits per heavy atom. The molecule has 7 nitrogen and oxygen atoms in total. The van der Waals surface area contributed by atoms with Crippen LogP contribution >= 0.6 is 0 Å². The molecule has 0 saturated heterocycles. The predicted molar refractivity (Wildman–Crippen MR) is 94.4 cm³/mol. The fourth-order valence-corrected chi connectivity index (χ4v) is 2.74. The Hall–Kier alpha value is -3.69. The predicted octanol–water partition coefficient (Wildman–Crippen LogP) is 3.60. The van der Waals surface area contributed by atoms with Gasteiger partial charge in [-0.2, -0.15) is 18.9 Å². The van der Waals surface area contributed by atoms with Crippen LogP contribution in [0.3, 0.4) is 0 Å². The molecule has 0 unspecified atom stereocenters. The van der Waals surface area contributed by atoms with Crippen LogP contribution in [0.4, 0.5) is 24.9 Å². The van der Waals surface area contributed by atoms with Gasteiger partial charge in [-0.15, -0.1) is 0 Å². The third kappa shape index (κ3) is 2.98. The summed E-state index contributed by atoms with van der Waals surface area (Å²) < 4.78 is 44.4. The number of aryl methyl sites for hydroxylation is 1. The number of nitrogens with zero attached hydrogens (tertiary/aromatic N) is 4. The number of aromatic amines is 1. The number of benzene rings is 1. The van der Waals surface area contributed by atoms with Crippen LogP contribution in [0, 0.1) is 12.7 Å². The Labute approximate surface area is 156 Å². The van der Waals surface area contributed by atoms with Gasteiger partial charge in [0.15, 0.2) is 12.1 Å². The molecule has 0 saturated carbocycles. The topological polar surface area (TPSA) is 88.0 Å². The molecular weight excluding hydrogens is 373 g/mol. The second-order valence-electron chi connectivity index (χ2n) is 6.08. The summed E-state index contributed by atoms with van der Waals surface area (Å²) in [7, 11) is 0. The normalized spacial score (nSPS) is 11.7. The minimum Gasteiger partial charge on any atom is -0.308 e. The van der Waals surface area contributed by atoms with Crippen molar-refractivity contribution in [3.63, 3.8) is 0 Å². The van der Waals surface area contributed by atoms with Crippen LogP contribution in [-0.4, -0.2) is 30.9 Å². The molecule has 0 bridgehead atoms. The first-order valence-electron chi connectivity index (χ1n) is 8.16. The van der Waals surface area contributed by atoms with Crippen LogP contribution in [-0.2, 0) is 5.92 Å². The molecule has 3 aromatic heterocycles. The summed E-state index contributed by atoms with van der Waals surface area (Å²) in [6.07, 6.45) is 0.565. The number of aromatic nitrogens is 5. The van der Waals surface area contributed by atoms with E-state index >= 15 is 0 Å². The molecule has 0 aliphatic carbocycles. The number of anilines is 2. The van der Waals surface area contributed by atoms with Gasteiger partial charge in [0, 0.05) is 17.3 Å². The van der Waals surface area contributed by atoms with Gasteiger partial charge in [-0.05, 0) is 43.3 Å². The minimum atomic E-state index is -3.58. The average molecular weight is 386 g/mol. The van der Waals surface area contributed by atoms with Crippen molar-refractivity contribution >= 4 is 23.7 Å². The number of aldehydes is 1. The first-order valence-corrected chi connectivity index (χ1v) is 8.16. The van der Waals surface area contributed by atoms with Gasteiger partial charge in [0.05, 0.1) is 5.69 Å². The number of carbonyl (C=O) groups excluding carboxylic acids is 1. The lowest BCUT2D eigenvalue weighted by Crippen LogP contribution is -2.21. The van der Waals surface area contributed by atoms with Crippen LogP contribution in [0.15, 0.2) is 42.5 Å². The monoisotopic (exact) mass is 386 g/mol. The molecule has 28 heavy (non-hydrogen) atoms. The number of fused-ring (bicyclic) bond motifs is 1. The summed E-state index contributed by atoms with van der Waals surface area (Å²) in [6.45, 7) is 1.77. The zero-order chi connectivity index (χ0) is 19.9. The van der Waals surface area contributed by atoms with E-state index in [1.165, 1.54) is 16.5 Å². The largest absolute Gasteiger partial charge is 0.331 e. The van der Waals surface area contributed by atoms with E-state index in [0.717, 1.165) is 30.0 Å². The molecule has 0 aliphatic rings. The highest BCUT2D eigenvalue weighted by Crippen LogP contribution is 2.34. The molecule has 0 amide bonds. The van der Waals surface area contributed by atoms with E-state index in [4.69, 9.17) is 0 Å².